The molecule has 0 bridgehead atoms. The molecule has 2 unspecified atom stereocenters. The van der Waals surface area contributed by atoms with Crippen LogP contribution in [0.2, 0.25) is 0 Å². The summed E-state index contributed by atoms with van der Waals surface area (Å²) in [5.41, 5.74) is 0.400. The van der Waals surface area contributed by atoms with Gasteiger partial charge in [0.1, 0.15) is 0 Å². The van der Waals surface area contributed by atoms with E-state index in [0.29, 0.717) is 18.0 Å². The molecule has 2 rings (SSSR count). The van der Waals surface area contributed by atoms with E-state index in [1.807, 2.05) is 32.0 Å². The molecule has 0 aliphatic heterocycles. The summed E-state index contributed by atoms with van der Waals surface area (Å²) in [7, 11) is 0. The number of halogens is 3. The van der Waals surface area contributed by atoms with Crippen LogP contribution in [0.1, 0.15) is 70.2 Å². The Morgan fingerprint density at radius 1 is 0.871 bits per heavy atom. The third kappa shape index (κ3) is 5.89. The van der Waals surface area contributed by atoms with Crippen LogP contribution in [0.15, 0.2) is 54.6 Å². The molecule has 2 aromatic rings. The van der Waals surface area contributed by atoms with Crippen molar-refractivity contribution in [3.05, 3.63) is 71.3 Å². The lowest BCUT2D eigenvalue weighted by Crippen LogP contribution is -2.36. The van der Waals surface area contributed by atoms with Crippen molar-refractivity contribution >= 4 is 0 Å². The van der Waals surface area contributed by atoms with Gasteiger partial charge in [0.05, 0.1) is 17.0 Å². The van der Waals surface area contributed by atoms with Crippen LogP contribution >= 0.6 is 0 Å². The normalized spacial score (nSPS) is 15.2. The van der Waals surface area contributed by atoms with E-state index < -0.39 is 17.2 Å². The van der Waals surface area contributed by atoms with E-state index in [4.69, 9.17) is 0 Å². The smallest absolute Gasteiger partial charge is 0.294 e. The standard InChI is InChI=1S/C26H33F3N2/c1-19(2)25(18-30,23-12-14-24(15-13-23)26(27,28)29)16-9-17-31(20(3)4)21(5)22-10-7-6-8-11-22/h6-8,10-15,19-21H,9,16-17H2,1-5H3. The molecule has 2 aromatic carbocycles. The Balaban J connectivity index is 2.20. The quantitative estimate of drug-likeness (QED) is 0.415. The molecular formula is C26H33F3N2. The van der Waals surface area contributed by atoms with Crippen LogP contribution in [0.25, 0.3) is 0 Å². The molecule has 2 atom stereocenters. The molecule has 2 nitrogen and oxygen atoms in total. The topological polar surface area (TPSA) is 27.0 Å². The summed E-state index contributed by atoms with van der Waals surface area (Å²) in [5.74, 6) is -0.0201. The van der Waals surface area contributed by atoms with Gasteiger partial charge in [0.15, 0.2) is 0 Å². The zero-order chi connectivity index (χ0) is 23.2. The third-order valence-corrected chi connectivity index (χ3v) is 6.34. The Hall–Kier alpha value is -2.32. The molecule has 0 N–H and O–H groups in total. The number of rotatable bonds is 9. The highest BCUT2D eigenvalue weighted by Gasteiger charge is 2.37. The molecule has 0 aliphatic carbocycles. The number of nitrogens with zero attached hydrogens (tertiary/aromatic N) is 2. The monoisotopic (exact) mass is 430 g/mol. The average Bonchev–Trinajstić information content (AvgIpc) is 2.73. The lowest BCUT2D eigenvalue weighted by atomic mass is 9.69. The molecule has 31 heavy (non-hydrogen) atoms. The van der Waals surface area contributed by atoms with Crippen molar-refractivity contribution in [2.45, 2.75) is 71.1 Å². The fourth-order valence-electron chi connectivity index (χ4n) is 4.34. The predicted molar refractivity (Wildman–Crippen MR) is 120 cm³/mol. The average molecular weight is 431 g/mol. The first-order chi connectivity index (χ1) is 14.5. The van der Waals surface area contributed by atoms with Crippen LogP contribution in [0, 0.1) is 17.2 Å². The molecule has 0 spiro atoms. The highest BCUT2D eigenvalue weighted by molar-refractivity contribution is 5.36. The summed E-state index contributed by atoms with van der Waals surface area (Å²) in [4.78, 5) is 2.41. The van der Waals surface area contributed by atoms with Gasteiger partial charge in [-0.05, 0) is 69.3 Å². The molecule has 5 heteroatoms. The maximum atomic E-state index is 13.0. The van der Waals surface area contributed by atoms with E-state index in [9.17, 15) is 18.4 Å². The van der Waals surface area contributed by atoms with Crippen molar-refractivity contribution in [1.82, 2.24) is 4.90 Å². The zero-order valence-corrected chi connectivity index (χ0v) is 19.1. The van der Waals surface area contributed by atoms with E-state index >= 15 is 0 Å². The molecule has 0 aromatic heterocycles. The Bertz CT molecular complexity index is 851. The van der Waals surface area contributed by atoms with Crippen molar-refractivity contribution in [1.29, 1.82) is 5.26 Å². The van der Waals surface area contributed by atoms with Gasteiger partial charge in [0.25, 0.3) is 0 Å². The summed E-state index contributed by atoms with van der Waals surface area (Å²) >= 11 is 0. The van der Waals surface area contributed by atoms with Crippen LogP contribution in [-0.4, -0.2) is 17.5 Å². The van der Waals surface area contributed by atoms with E-state index in [1.165, 1.54) is 17.7 Å². The molecular weight excluding hydrogens is 397 g/mol. The van der Waals surface area contributed by atoms with Crippen molar-refractivity contribution in [3.8, 4) is 6.07 Å². The summed E-state index contributed by atoms with van der Waals surface area (Å²) < 4.78 is 38.9. The fourth-order valence-corrected chi connectivity index (χ4v) is 4.34. The minimum Gasteiger partial charge on any atom is -0.294 e. The summed E-state index contributed by atoms with van der Waals surface area (Å²) in [6.07, 6.45) is -3.00. The van der Waals surface area contributed by atoms with Gasteiger partial charge >= 0.3 is 6.18 Å². The molecule has 0 fully saturated rings. The van der Waals surface area contributed by atoms with Crippen LogP contribution in [0.5, 0.6) is 0 Å². The maximum absolute atomic E-state index is 13.0. The van der Waals surface area contributed by atoms with Gasteiger partial charge in [-0.25, -0.2) is 0 Å². The second-order valence-electron chi connectivity index (χ2n) is 8.83. The third-order valence-electron chi connectivity index (χ3n) is 6.34. The second-order valence-corrected chi connectivity index (χ2v) is 8.83. The number of hydrogen-bond acceptors (Lipinski definition) is 2. The largest absolute Gasteiger partial charge is 0.416 e. The van der Waals surface area contributed by atoms with Gasteiger partial charge in [-0.2, -0.15) is 18.4 Å². The lowest BCUT2D eigenvalue weighted by Gasteiger charge is -2.36. The number of benzene rings is 2. The molecule has 0 radical (unpaired) electrons. The number of nitriles is 1. The molecule has 0 amide bonds. The Kier molecular flexibility index (Phi) is 8.31. The zero-order valence-electron chi connectivity index (χ0n) is 19.1. The summed E-state index contributed by atoms with van der Waals surface area (Å²) in [6, 6.07) is 18.5. The van der Waals surface area contributed by atoms with Crippen molar-refractivity contribution in [3.63, 3.8) is 0 Å². The van der Waals surface area contributed by atoms with E-state index in [2.05, 4.69) is 43.9 Å². The van der Waals surface area contributed by atoms with Crippen LogP contribution in [-0.2, 0) is 11.6 Å². The molecule has 0 aliphatic rings. The highest BCUT2D eigenvalue weighted by atomic mass is 19.4. The first-order valence-electron chi connectivity index (χ1n) is 10.9. The molecule has 0 saturated carbocycles. The van der Waals surface area contributed by atoms with Crippen LogP contribution < -0.4 is 0 Å². The Labute approximate surface area is 184 Å². The van der Waals surface area contributed by atoms with E-state index in [-0.39, 0.29) is 12.0 Å². The van der Waals surface area contributed by atoms with Gasteiger partial charge in [-0.3, -0.25) is 4.90 Å². The van der Waals surface area contributed by atoms with Gasteiger partial charge < -0.3 is 0 Å². The van der Waals surface area contributed by atoms with Crippen LogP contribution in [0.4, 0.5) is 13.2 Å². The van der Waals surface area contributed by atoms with E-state index in [1.54, 1.807) is 0 Å². The fraction of sp³-hybridized carbons (Fsp3) is 0.500. The number of hydrogen-bond donors (Lipinski definition) is 0. The summed E-state index contributed by atoms with van der Waals surface area (Å²) in [6.45, 7) is 11.3. The van der Waals surface area contributed by atoms with Gasteiger partial charge in [0.2, 0.25) is 0 Å². The molecule has 168 valence electrons. The van der Waals surface area contributed by atoms with Gasteiger partial charge in [-0.1, -0.05) is 56.3 Å². The SMILES string of the molecule is CC(C)N(CCCC(C#N)(c1ccc(C(F)(F)F)cc1)C(C)C)C(C)c1ccccc1. The first kappa shape index (κ1) is 24.9. The predicted octanol–water partition coefficient (Wildman–Crippen LogP) is 7.37. The lowest BCUT2D eigenvalue weighted by molar-refractivity contribution is -0.137. The van der Waals surface area contributed by atoms with Gasteiger partial charge in [-0.15, -0.1) is 0 Å². The van der Waals surface area contributed by atoms with Crippen LogP contribution in [0.3, 0.4) is 0 Å². The Morgan fingerprint density at radius 2 is 1.42 bits per heavy atom. The first-order valence-corrected chi connectivity index (χ1v) is 10.9. The van der Waals surface area contributed by atoms with Gasteiger partial charge in [0, 0.05) is 12.1 Å². The minimum absolute atomic E-state index is 0.0201. The van der Waals surface area contributed by atoms with Crippen molar-refractivity contribution in [2.75, 3.05) is 6.54 Å². The molecule has 0 heterocycles. The van der Waals surface area contributed by atoms with E-state index in [0.717, 1.165) is 25.1 Å². The second kappa shape index (κ2) is 10.3. The summed E-state index contributed by atoms with van der Waals surface area (Å²) in [5, 5.41) is 10.1. The molecule has 0 saturated heterocycles. The number of alkyl halides is 3. The Morgan fingerprint density at radius 3 is 1.87 bits per heavy atom. The van der Waals surface area contributed by atoms with Crippen molar-refractivity contribution in [2.24, 2.45) is 5.92 Å². The minimum atomic E-state index is -4.38. The maximum Gasteiger partial charge on any atom is 0.416 e. The van der Waals surface area contributed by atoms with Crippen molar-refractivity contribution < 1.29 is 13.2 Å². The highest BCUT2D eigenvalue weighted by Crippen LogP contribution is 2.38.